The molecule has 0 aliphatic heterocycles. The van der Waals surface area contributed by atoms with E-state index in [0.717, 1.165) is 12.8 Å². The predicted molar refractivity (Wildman–Crippen MR) is 65.8 cm³/mol. The van der Waals surface area contributed by atoms with E-state index in [1.54, 1.807) is 6.92 Å². The first-order valence-electron chi connectivity index (χ1n) is 5.65. The van der Waals surface area contributed by atoms with Crippen LogP contribution >= 0.6 is 0 Å². The summed E-state index contributed by atoms with van der Waals surface area (Å²) in [6, 6.07) is 8.58. The number of aliphatic hydroxyl groups excluding tert-OH is 1. The number of hydrogen-bond acceptors (Lipinski definition) is 1. The van der Waals surface area contributed by atoms with Gasteiger partial charge in [-0.1, -0.05) is 44.2 Å². The Hall–Kier alpha value is -1.08. The Balaban J connectivity index is 2.93. The Bertz CT molecular complexity index is 320. The number of benzene rings is 1. The van der Waals surface area contributed by atoms with Gasteiger partial charge < -0.3 is 5.11 Å². The van der Waals surface area contributed by atoms with Crippen molar-refractivity contribution in [2.24, 2.45) is 0 Å². The summed E-state index contributed by atoms with van der Waals surface area (Å²) >= 11 is 0. The first-order chi connectivity index (χ1) is 7.17. The lowest BCUT2D eigenvalue weighted by atomic mass is 10.00. The van der Waals surface area contributed by atoms with E-state index in [1.165, 1.54) is 16.7 Å². The molecule has 0 fully saturated rings. The van der Waals surface area contributed by atoms with Gasteiger partial charge in [0.25, 0.3) is 0 Å². The van der Waals surface area contributed by atoms with E-state index in [4.69, 9.17) is 0 Å². The number of rotatable bonds is 4. The number of aliphatic hydroxyl groups is 1. The van der Waals surface area contributed by atoms with Gasteiger partial charge in [0.1, 0.15) is 0 Å². The number of allylic oxidation sites excluding steroid dienone is 1. The molecule has 0 saturated carbocycles. The van der Waals surface area contributed by atoms with E-state index in [1.807, 2.05) is 6.08 Å². The molecular formula is C14H20O. The molecule has 1 atom stereocenters. The smallest absolute Gasteiger partial charge is 0.0698 e. The van der Waals surface area contributed by atoms with Crippen molar-refractivity contribution in [2.45, 2.75) is 39.7 Å². The summed E-state index contributed by atoms with van der Waals surface area (Å²) < 4.78 is 0. The van der Waals surface area contributed by atoms with E-state index in [-0.39, 0.29) is 6.10 Å². The highest BCUT2D eigenvalue weighted by Crippen LogP contribution is 2.19. The van der Waals surface area contributed by atoms with Crippen LogP contribution in [-0.2, 0) is 6.42 Å². The molecule has 0 aliphatic rings. The Morgan fingerprint density at radius 2 is 1.87 bits per heavy atom. The quantitative estimate of drug-likeness (QED) is 0.796. The van der Waals surface area contributed by atoms with E-state index in [9.17, 15) is 5.11 Å². The lowest BCUT2D eigenvalue weighted by Crippen LogP contribution is -1.96. The van der Waals surface area contributed by atoms with Gasteiger partial charge in [-0.05, 0) is 36.5 Å². The van der Waals surface area contributed by atoms with Crippen LogP contribution in [-0.4, -0.2) is 11.2 Å². The zero-order valence-corrected chi connectivity index (χ0v) is 9.83. The second kappa shape index (κ2) is 5.72. The van der Waals surface area contributed by atoms with Crippen molar-refractivity contribution in [3.63, 3.8) is 0 Å². The van der Waals surface area contributed by atoms with Crippen molar-refractivity contribution in [1.29, 1.82) is 0 Å². The highest BCUT2D eigenvalue weighted by Gasteiger charge is 2.00. The maximum atomic E-state index is 9.34. The van der Waals surface area contributed by atoms with Crippen LogP contribution in [0, 0.1) is 0 Å². The van der Waals surface area contributed by atoms with E-state index in [2.05, 4.69) is 38.1 Å². The molecule has 0 radical (unpaired) electrons. The molecule has 1 aromatic rings. The van der Waals surface area contributed by atoms with Crippen LogP contribution in [0.15, 0.2) is 30.3 Å². The molecule has 1 unspecified atom stereocenters. The molecule has 0 spiro atoms. The normalized spacial score (nSPS) is 14.0. The van der Waals surface area contributed by atoms with Gasteiger partial charge in [0.05, 0.1) is 6.10 Å². The SMILES string of the molecule is CC/C(=C/C(C)O)c1ccc(CC)cc1. The summed E-state index contributed by atoms with van der Waals surface area (Å²) in [6.07, 6.45) is 3.57. The van der Waals surface area contributed by atoms with Gasteiger partial charge in [0.15, 0.2) is 0 Å². The zero-order valence-electron chi connectivity index (χ0n) is 9.83. The molecule has 15 heavy (non-hydrogen) atoms. The molecule has 1 nitrogen and oxygen atoms in total. The molecule has 82 valence electrons. The van der Waals surface area contributed by atoms with E-state index in [0.29, 0.717) is 0 Å². The number of aryl methyl sites for hydroxylation is 1. The largest absolute Gasteiger partial charge is 0.389 e. The fourth-order valence-corrected chi connectivity index (χ4v) is 1.66. The van der Waals surface area contributed by atoms with Crippen LogP contribution in [0.3, 0.4) is 0 Å². The third-order valence-corrected chi connectivity index (χ3v) is 2.56. The van der Waals surface area contributed by atoms with Gasteiger partial charge in [0.2, 0.25) is 0 Å². The monoisotopic (exact) mass is 204 g/mol. The summed E-state index contributed by atoms with van der Waals surface area (Å²) in [7, 11) is 0. The zero-order chi connectivity index (χ0) is 11.3. The summed E-state index contributed by atoms with van der Waals surface area (Å²) in [4.78, 5) is 0. The molecule has 0 bridgehead atoms. The second-order valence-corrected chi connectivity index (χ2v) is 3.84. The van der Waals surface area contributed by atoms with Crippen molar-refractivity contribution in [2.75, 3.05) is 0 Å². The van der Waals surface area contributed by atoms with Gasteiger partial charge in [-0.15, -0.1) is 0 Å². The van der Waals surface area contributed by atoms with Gasteiger partial charge in [-0.2, -0.15) is 0 Å². The molecule has 0 aromatic heterocycles. The molecule has 0 saturated heterocycles. The molecule has 1 heteroatoms. The highest BCUT2D eigenvalue weighted by atomic mass is 16.3. The predicted octanol–water partition coefficient (Wildman–Crippen LogP) is 3.42. The molecule has 1 aromatic carbocycles. The van der Waals surface area contributed by atoms with Crippen LogP contribution in [0.25, 0.3) is 5.57 Å². The molecule has 0 aliphatic carbocycles. The average molecular weight is 204 g/mol. The minimum absolute atomic E-state index is 0.370. The standard InChI is InChI=1S/C14H20O/c1-4-12-6-8-14(9-7-12)13(5-2)10-11(3)15/h6-11,15H,4-5H2,1-3H3/b13-10-. The fourth-order valence-electron chi connectivity index (χ4n) is 1.66. The van der Waals surface area contributed by atoms with Crippen molar-refractivity contribution in [1.82, 2.24) is 0 Å². The molecule has 1 N–H and O–H groups in total. The summed E-state index contributed by atoms with van der Waals surface area (Å²) in [5.74, 6) is 0. The Labute approximate surface area is 92.5 Å². The minimum atomic E-state index is -0.370. The van der Waals surface area contributed by atoms with Crippen molar-refractivity contribution < 1.29 is 5.11 Å². The van der Waals surface area contributed by atoms with Crippen LogP contribution in [0.2, 0.25) is 0 Å². The minimum Gasteiger partial charge on any atom is -0.389 e. The second-order valence-electron chi connectivity index (χ2n) is 3.84. The van der Waals surface area contributed by atoms with Crippen LogP contribution in [0.1, 0.15) is 38.3 Å². The molecular weight excluding hydrogens is 184 g/mol. The van der Waals surface area contributed by atoms with Crippen molar-refractivity contribution in [3.8, 4) is 0 Å². The topological polar surface area (TPSA) is 20.2 Å². The fraction of sp³-hybridized carbons (Fsp3) is 0.429. The highest BCUT2D eigenvalue weighted by molar-refractivity contribution is 5.65. The molecule has 1 rings (SSSR count). The van der Waals surface area contributed by atoms with Gasteiger partial charge in [-0.3, -0.25) is 0 Å². The Kier molecular flexibility index (Phi) is 4.57. The average Bonchev–Trinajstić information content (AvgIpc) is 2.26. The maximum Gasteiger partial charge on any atom is 0.0698 e. The lowest BCUT2D eigenvalue weighted by molar-refractivity contribution is 0.244. The van der Waals surface area contributed by atoms with Crippen LogP contribution in [0.5, 0.6) is 0 Å². The van der Waals surface area contributed by atoms with Crippen LogP contribution < -0.4 is 0 Å². The summed E-state index contributed by atoms with van der Waals surface area (Å²) in [6.45, 7) is 6.05. The Morgan fingerprint density at radius 1 is 1.27 bits per heavy atom. The summed E-state index contributed by atoms with van der Waals surface area (Å²) in [5.41, 5.74) is 3.79. The molecule has 0 amide bonds. The first kappa shape index (κ1) is 12.0. The molecule has 0 heterocycles. The van der Waals surface area contributed by atoms with Crippen LogP contribution in [0.4, 0.5) is 0 Å². The third kappa shape index (κ3) is 3.52. The van der Waals surface area contributed by atoms with Crippen molar-refractivity contribution in [3.05, 3.63) is 41.5 Å². The Morgan fingerprint density at radius 3 is 2.27 bits per heavy atom. The van der Waals surface area contributed by atoms with Gasteiger partial charge in [0, 0.05) is 0 Å². The lowest BCUT2D eigenvalue weighted by Gasteiger charge is -2.07. The van der Waals surface area contributed by atoms with E-state index >= 15 is 0 Å². The van der Waals surface area contributed by atoms with E-state index < -0.39 is 0 Å². The van der Waals surface area contributed by atoms with Gasteiger partial charge in [-0.25, -0.2) is 0 Å². The first-order valence-corrected chi connectivity index (χ1v) is 5.65. The summed E-state index contributed by atoms with van der Waals surface area (Å²) in [5, 5.41) is 9.34. The van der Waals surface area contributed by atoms with Crippen molar-refractivity contribution >= 4 is 5.57 Å². The van der Waals surface area contributed by atoms with Gasteiger partial charge >= 0.3 is 0 Å². The maximum absolute atomic E-state index is 9.34. The third-order valence-electron chi connectivity index (χ3n) is 2.56. The number of hydrogen-bond donors (Lipinski definition) is 1.